The topological polar surface area (TPSA) is 51.0 Å². The average Bonchev–Trinajstić information content (AvgIpc) is 2.87. The highest BCUT2D eigenvalue weighted by molar-refractivity contribution is 8.00. The fraction of sp³-hybridized carbons (Fsp3) is 0.526. The van der Waals surface area contributed by atoms with Crippen LogP contribution in [-0.2, 0) is 30.7 Å². The Morgan fingerprint density at radius 3 is 2.80 bits per heavy atom. The van der Waals surface area contributed by atoms with Crippen molar-refractivity contribution in [1.82, 2.24) is 19.7 Å². The number of hydrogen-bond donors (Lipinski definition) is 0. The van der Waals surface area contributed by atoms with Gasteiger partial charge in [0.25, 0.3) is 0 Å². The molecule has 1 aromatic heterocycles. The molecule has 1 unspecified atom stereocenters. The Kier molecular flexibility index (Phi) is 4.79. The Hall–Kier alpha value is -1.82. The maximum Gasteiger partial charge on any atom is 0.236 e. The zero-order valence-electron chi connectivity index (χ0n) is 14.6. The van der Waals surface area contributed by atoms with Gasteiger partial charge in [-0.1, -0.05) is 42.4 Å². The van der Waals surface area contributed by atoms with Gasteiger partial charge in [0, 0.05) is 26.1 Å². The molecule has 1 atom stereocenters. The lowest BCUT2D eigenvalue weighted by Gasteiger charge is -2.30. The molecule has 3 heterocycles. The van der Waals surface area contributed by atoms with E-state index in [1.165, 1.54) is 30.4 Å². The van der Waals surface area contributed by atoms with Gasteiger partial charge >= 0.3 is 0 Å². The number of thioether (sulfide) groups is 1. The van der Waals surface area contributed by atoms with Crippen LogP contribution in [-0.4, -0.2) is 37.4 Å². The SMILES string of the molecule is CC(Sc1nnc2n1CCCCC2)C(=O)N1CCc2ccccc2C1. The second-order valence-corrected chi connectivity index (χ2v) is 8.21. The van der Waals surface area contributed by atoms with Gasteiger partial charge in [-0.05, 0) is 37.3 Å². The Balaban J connectivity index is 1.44. The first-order chi connectivity index (χ1) is 12.2. The number of carbonyl (C=O) groups is 1. The van der Waals surface area contributed by atoms with Crippen LogP contribution in [0, 0.1) is 0 Å². The summed E-state index contributed by atoms with van der Waals surface area (Å²) in [6.07, 6.45) is 5.54. The predicted molar refractivity (Wildman–Crippen MR) is 98.5 cm³/mol. The third-order valence-electron chi connectivity index (χ3n) is 5.15. The van der Waals surface area contributed by atoms with Crippen molar-refractivity contribution in [2.45, 2.75) is 62.5 Å². The van der Waals surface area contributed by atoms with Crippen molar-refractivity contribution in [3.05, 3.63) is 41.2 Å². The van der Waals surface area contributed by atoms with E-state index in [4.69, 9.17) is 0 Å². The van der Waals surface area contributed by atoms with Crippen LogP contribution in [0.25, 0.3) is 0 Å². The molecule has 0 spiro atoms. The molecule has 1 amide bonds. The standard InChI is InChI=1S/C19H24N4OS/c1-14(25-19-21-20-17-9-3-2-6-11-23(17)19)18(24)22-12-10-15-7-4-5-8-16(15)13-22/h4-5,7-8,14H,2-3,6,9-13H2,1H3. The number of benzene rings is 1. The number of amides is 1. The van der Waals surface area contributed by atoms with E-state index >= 15 is 0 Å². The van der Waals surface area contributed by atoms with Crippen molar-refractivity contribution in [3.8, 4) is 0 Å². The number of fused-ring (bicyclic) bond motifs is 2. The van der Waals surface area contributed by atoms with E-state index in [9.17, 15) is 4.79 Å². The summed E-state index contributed by atoms with van der Waals surface area (Å²) in [5, 5.41) is 9.45. The van der Waals surface area contributed by atoms with Crippen LogP contribution in [0.5, 0.6) is 0 Å². The smallest absolute Gasteiger partial charge is 0.236 e. The maximum atomic E-state index is 12.9. The van der Waals surface area contributed by atoms with Crippen molar-refractivity contribution >= 4 is 17.7 Å². The molecule has 5 nitrogen and oxygen atoms in total. The number of aryl methyl sites for hydroxylation is 1. The largest absolute Gasteiger partial charge is 0.337 e. The average molecular weight is 356 g/mol. The summed E-state index contributed by atoms with van der Waals surface area (Å²) in [4.78, 5) is 14.9. The number of carbonyl (C=O) groups excluding carboxylic acids is 1. The summed E-state index contributed by atoms with van der Waals surface area (Å²) in [5.41, 5.74) is 2.64. The van der Waals surface area contributed by atoms with Crippen molar-refractivity contribution in [2.75, 3.05) is 6.54 Å². The fourth-order valence-corrected chi connectivity index (χ4v) is 4.67. The maximum absolute atomic E-state index is 12.9. The van der Waals surface area contributed by atoms with Gasteiger partial charge in [0.05, 0.1) is 5.25 Å². The highest BCUT2D eigenvalue weighted by atomic mass is 32.2. The molecule has 0 fully saturated rings. The van der Waals surface area contributed by atoms with E-state index in [0.717, 1.165) is 43.5 Å². The minimum atomic E-state index is -0.137. The number of rotatable bonds is 3. The molecular formula is C19H24N4OS. The molecule has 6 heteroatoms. The normalized spacial score (nSPS) is 18.2. The molecule has 0 N–H and O–H groups in total. The van der Waals surface area contributed by atoms with Gasteiger partial charge in [-0.3, -0.25) is 4.79 Å². The van der Waals surface area contributed by atoms with Gasteiger partial charge in [-0.2, -0.15) is 0 Å². The monoisotopic (exact) mass is 356 g/mol. The van der Waals surface area contributed by atoms with Crippen LogP contribution in [0.4, 0.5) is 0 Å². The molecule has 0 radical (unpaired) electrons. The summed E-state index contributed by atoms with van der Waals surface area (Å²) in [6, 6.07) is 8.42. The molecule has 2 aliphatic rings. The van der Waals surface area contributed by atoms with Gasteiger partial charge in [-0.15, -0.1) is 10.2 Å². The summed E-state index contributed by atoms with van der Waals surface area (Å²) >= 11 is 1.56. The van der Waals surface area contributed by atoms with Gasteiger partial charge < -0.3 is 9.47 Å². The van der Waals surface area contributed by atoms with Gasteiger partial charge in [0.15, 0.2) is 5.16 Å². The lowest BCUT2D eigenvalue weighted by Crippen LogP contribution is -2.40. The molecule has 0 saturated carbocycles. The molecule has 132 valence electrons. The molecule has 1 aromatic carbocycles. The quantitative estimate of drug-likeness (QED) is 0.793. The van der Waals surface area contributed by atoms with Crippen LogP contribution in [0.1, 0.15) is 43.1 Å². The van der Waals surface area contributed by atoms with Crippen LogP contribution in [0.15, 0.2) is 29.4 Å². The number of nitrogens with zero attached hydrogens (tertiary/aromatic N) is 4. The van der Waals surface area contributed by atoms with Crippen LogP contribution in [0.3, 0.4) is 0 Å². The molecule has 0 bridgehead atoms. The summed E-state index contributed by atoms with van der Waals surface area (Å²) in [6.45, 7) is 4.49. The Labute approximate surface area is 152 Å². The van der Waals surface area contributed by atoms with E-state index in [1.807, 2.05) is 11.8 Å². The zero-order chi connectivity index (χ0) is 17.2. The lowest BCUT2D eigenvalue weighted by atomic mass is 10.00. The van der Waals surface area contributed by atoms with Crippen molar-refractivity contribution in [1.29, 1.82) is 0 Å². The first-order valence-corrected chi connectivity index (χ1v) is 10.0. The van der Waals surface area contributed by atoms with Crippen molar-refractivity contribution in [2.24, 2.45) is 0 Å². The molecule has 2 aromatic rings. The Morgan fingerprint density at radius 2 is 1.92 bits per heavy atom. The van der Waals surface area contributed by atoms with Crippen molar-refractivity contribution in [3.63, 3.8) is 0 Å². The molecule has 2 aliphatic heterocycles. The van der Waals surface area contributed by atoms with E-state index in [2.05, 4.69) is 39.0 Å². The van der Waals surface area contributed by atoms with Crippen molar-refractivity contribution < 1.29 is 4.79 Å². The molecule has 0 saturated heterocycles. The minimum absolute atomic E-state index is 0.137. The van der Waals surface area contributed by atoms with E-state index in [0.29, 0.717) is 0 Å². The molecule has 0 aliphatic carbocycles. The fourth-order valence-electron chi connectivity index (χ4n) is 3.69. The van der Waals surface area contributed by atoms with E-state index < -0.39 is 0 Å². The molecule has 25 heavy (non-hydrogen) atoms. The number of aromatic nitrogens is 3. The molecular weight excluding hydrogens is 332 g/mol. The first kappa shape index (κ1) is 16.6. The second kappa shape index (κ2) is 7.20. The summed E-state index contributed by atoms with van der Waals surface area (Å²) in [5.74, 6) is 1.28. The first-order valence-electron chi connectivity index (χ1n) is 9.16. The van der Waals surface area contributed by atoms with E-state index in [1.54, 1.807) is 11.8 Å². The Bertz CT molecular complexity index is 773. The van der Waals surface area contributed by atoms with Crippen LogP contribution >= 0.6 is 11.8 Å². The predicted octanol–water partition coefficient (Wildman–Crippen LogP) is 3.07. The third kappa shape index (κ3) is 3.45. The summed E-state index contributed by atoms with van der Waals surface area (Å²) < 4.78 is 2.22. The third-order valence-corrected chi connectivity index (χ3v) is 6.22. The van der Waals surface area contributed by atoms with Crippen LogP contribution in [0.2, 0.25) is 0 Å². The van der Waals surface area contributed by atoms with E-state index in [-0.39, 0.29) is 11.2 Å². The lowest BCUT2D eigenvalue weighted by molar-refractivity contribution is -0.131. The zero-order valence-corrected chi connectivity index (χ0v) is 15.5. The number of hydrogen-bond acceptors (Lipinski definition) is 4. The highest BCUT2D eigenvalue weighted by Gasteiger charge is 2.27. The minimum Gasteiger partial charge on any atom is -0.337 e. The molecule has 4 rings (SSSR count). The summed E-state index contributed by atoms with van der Waals surface area (Å²) in [7, 11) is 0. The Morgan fingerprint density at radius 1 is 1.08 bits per heavy atom. The second-order valence-electron chi connectivity index (χ2n) is 6.90. The van der Waals surface area contributed by atoms with Crippen LogP contribution < -0.4 is 0 Å². The highest BCUT2D eigenvalue weighted by Crippen LogP contribution is 2.28. The van der Waals surface area contributed by atoms with Gasteiger partial charge in [0.2, 0.25) is 5.91 Å². The van der Waals surface area contributed by atoms with Gasteiger partial charge in [-0.25, -0.2) is 0 Å². The van der Waals surface area contributed by atoms with Gasteiger partial charge in [0.1, 0.15) is 5.82 Å².